The minimum absolute atomic E-state index is 0. The van der Waals surface area contributed by atoms with E-state index in [1.807, 2.05) is 36.5 Å². The Balaban J connectivity index is 0.00000312. The van der Waals surface area contributed by atoms with Crippen molar-refractivity contribution in [2.45, 2.75) is 9.79 Å². The van der Waals surface area contributed by atoms with Crippen molar-refractivity contribution in [3.63, 3.8) is 0 Å². The van der Waals surface area contributed by atoms with Gasteiger partial charge in [0.2, 0.25) is 0 Å². The van der Waals surface area contributed by atoms with Crippen molar-refractivity contribution >= 4 is 40.3 Å². The van der Waals surface area contributed by atoms with E-state index in [1.165, 1.54) is 16.7 Å². The summed E-state index contributed by atoms with van der Waals surface area (Å²) < 4.78 is 0. The summed E-state index contributed by atoms with van der Waals surface area (Å²) in [6.45, 7) is 2.07. The zero-order chi connectivity index (χ0) is 28.6. The number of rotatable bonds is 5. The number of anilines is 5. The Morgan fingerprint density at radius 2 is 1.27 bits per heavy atom. The molecule has 44 heavy (non-hydrogen) atoms. The molecular formula is C38H25N4PtS-3. The molecule has 0 amide bonds. The summed E-state index contributed by atoms with van der Waals surface area (Å²) in [5.74, 6) is 0.857. The van der Waals surface area contributed by atoms with Gasteiger partial charge in [-0.15, -0.1) is 51.6 Å². The molecule has 0 atom stereocenters. The summed E-state index contributed by atoms with van der Waals surface area (Å²) in [7, 11) is 0. The van der Waals surface area contributed by atoms with Crippen LogP contribution in [0.3, 0.4) is 0 Å². The van der Waals surface area contributed by atoms with Gasteiger partial charge in [-0.2, -0.15) is 30.3 Å². The quantitative estimate of drug-likeness (QED) is 0.163. The summed E-state index contributed by atoms with van der Waals surface area (Å²) in [4.78, 5) is 13.2. The Morgan fingerprint density at radius 3 is 2.09 bits per heavy atom. The Labute approximate surface area is 276 Å². The van der Waals surface area contributed by atoms with Gasteiger partial charge in [0, 0.05) is 38.5 Å². The van der Waals surface area contributed by atoms with E-state index in [2.05, 4.69) is 143 Å². The van der Waals surface area contributed by atoms with Crippen LogP contribution in [0.1, 0.15) is 0 Å². The molecule has 3 heterocycles. The molecule has 6 heteroatoms. The molecule has 0 spiro atoms. The van der Waals surface area contributed by atoms with E-state index < -0.39 is 0 Å². The van der Waals surface area contributed by atoms with Crippen LogP contribution in [-0.4, -0.2) is 4.98 Å². The van der Waals surface area contributed by atoms with Crippen LogP contribution in [0.5, 0.6) is 0 Å². The average Bonchev–Trinajstić information content (AvgIpc) is 3.53. The molecule has 0 radical (unpaired) electrons. The van der Waals surface area contributed by atoms with E-state index in [4.69, 9.17) is 4.98 Å². The number of aromatic nitrogens is 1. The number of para-hydroxylation sites is 2. The van der Waals surface area contributed by atoms with Crippen LogP contribution in [-0.2, 0) is 21.1 Å². The molecule has 0 saturated carbocycles. The van der Waals surface area contributed by atoms with Crippen molar-refractivity contribution in [2.24, 2.45) is 0 Å². The monoisotopic (exact) mass is 764 g/mol. The molecule has 0 N–H and O–H groups in total. The molecule has 0 fully saturated rings. The molecule has 2 aliphatic rings. The second-order valence-corrected chi connectivity index (χ2v) is 11.3. The second-order valence-electron chi connectivity index (χ2n) is 10.2. The first-order chi connectivity index (χ1) is 21.3. The van der Waals surface area contributed by atoms with Crippen molar-refractivity contribution in [1.82, 2.24) is 4.98 Å². The Kier molecular flexibility index (Phi) is 7.82. The molecule has 0 saturated heterocycles. The molecule has 1 aromatic heterocycles. The van der Waals surface area contributed by atoms with E-state index in [0.29, 0.717) is 0 Å². The SMILES string of the molecule is [Pt].[c-]1c(Sc2[c-]c3c(cc2)-c2ccccc2-c2ccccc2N3c2ccccn2)cccc1N1C=CN(c2ccccc2)[CH-]1. The number of pyridine rings is 1. The van der Waals surface area contributed by atoms with E-state index >= 15 is 0 Å². The van der Waals surface area contributed by atoms with Crippen molar-refractivity contribution in [3.05, 3.63) is 165 Å². The van der Waals surface area contributed by atoms with Gasteiger partial charge in [-0.3, -0.25) is 0 Å². The van der Waals surface area contributed by atoms with Gasteiger partial charge >= 0.3 is 0 Å². The Bertz CT molecular complexity index is 1960. The number of nitrogens with zero attached hydrogens (tertiary/aromatic N) is 4. The Hall–Kier alpha value is -4.57. The normalized spacial score (nSPS) is 13.0. The number of hydrogen-bond donors (Lipinski definition) is 0. The van der Waals surface area contributed by atoms with Crippen LogP contribution in [0.4, 0.5) is 28.6 Å². The van der Waals surface area contributed by atoms with Crippen LogP contribution < -0.4 is 14.7 Å². The van der Waals surface area contributed by atoms with E-state index in [0.717, 1.165) is 43.9 Å². The summed E-state index contributed by atoms with van der Waals surface area (Å²) in [5, 5.41) is 0. The van der Waals surface area contributed by atoms with Crippen LogP contribution in [0.2, 0.25) is 0 Å². The minimum atomic E-state index is 0. The predicted molar refractivity (Wildman–Crippen MR) is 176 cm³/mol. The number of hydrogen-bond acceptors (Lipinski definition) is 5. The molecule has 0 aliphatic carbocycles. The fraction of sp³-hybridized carbons (Fsp3) is 0. The van der Waals surface area contributed by atoms with Gasteiger partial charge in [0.05, 0.1) is 5.69 Å². The fourth-order valence-corrected chi connectivity index (χ4v) is 6.45. The van der Waals surface area contributed by atoms with Gasteiger partial charge in [0.15, 0.2) is 0 Å². The average molecular weight is 765 g/mol. The third-order valence-corrected chi connectivity index (χ3v) is 8.51. The summed E-state index contributed by atoms with van der Waals surface area (Å²) in [6, 6.07) is 51.5. The number of benzene rings is 5. The van der Waals surface area contributed by atoms with E-state index in [-0.39, 0.29) is 21.1 Å². The maximum atomic E-state index is 4.78. The molecule has 6 aromatic rings. The molecule has 5 aromatic carbocycles. The maximum absolute atomic E-state index is 4.78. The zero-order valence-corrected chi connectivity index (χ0v) is 26.5. The van der Waals surface area contributed by atoms with Crippen molar-refractivity contribution in [2.75, 3.05) is 14.7 Å². The molecule has 2 aliphatic heterocycles. The van der Waals surface area contributed by atoms with Gasteiger partial charge in [-0.25, -0.2) is 4.98 Å². The molecule has 4 nitrogen and oxygen atoms in total. The van der Waals surface area contributed by atoms with Crippen LogP contribution in [0.15, 0.2) is 156 Å². The Morgan fingerprint density at radius 1 is 0.568 bits per heavy atom. The minimum Gasteiger partial charge on any atom is -0.500 e. The van der Waals surface area contributed by atoms with E-state index in [9.17, 15) is 0 Å². The largest absolute Gasteiger partial charge is 0.500 e. The van der Waals surface area contributed by atoms with Gasteiger partial charge < -0.3 is 14.7 Å². The third-order valence-electron chi connectivity index (χ3n) is 7.59. The molecule has 0 bridgehead atoms. The molecule has 0 unspecified atom stereocenters. The van der Waals surface area contributed by atoms with Crippen molar-refractivity contribution in [3.8, 4) is 22.3 Å². The van der Waals surface area contributed by atoms with Crippen molar-refractivity contribution < 1.29 is 21.1 Å². The van der Waals surface area contributed by atoms with Crippen LogP contribution >= 0.6 is 11.8 Å². The third kappa shape index (κ3) is 5.23. The number of fused-ring (bicyclic) bond motifs is 5. The van der Waals surface area contributed by atoms with Gasteiger partial charge in [-0.1, -0.05) is 78.0 Å². The zero-order valence-electron chi connectivity index (χ0n) is 23.4. The first-order valence-corrected chi connectivity index (χ1v) is 14.9. The topological polar surface area (TPSA) is 22.6 Å². The van der Waals surface area contributed by atoms with Gasteiger partial charge in [-0.05, 0) is 48.3 Å². The molecular weight excluding hydrogens is 740 g/mol. The van der Waals surface area contributed by atoms with Crippen LogP contribution in [0.25, 0.3) is 22.3 Å². The van der Waals surface area contributed by atoms with E-state index in [1.54, 1.807) is 11.8 Å². The fourth-order valence-electron chi connectivity index (χ4n) is 5.63. The predicted octanol–water partition coefficient (Wildman–Crippen LogP) is 9.86. The van der Waals surface area contributed by atoms with Crippen LogP contribution in [0, 0.1) is 18.8 Å². The molecule has 8 rings (SSSR count). The maximum Gasteiger partial charge on any atom is 0.135 e. The summed E-state index contributed by atoms with van der Waals surface area (Å²) >= 11 is 1.66. The first kappa shape index (κ1) is 28.2. The smallest absolute Gasteiger partial charge is 0.135 e. The summed E-state index contributed by atoms with van der Waals surface area (Å²) in [6.07, 6.45) is 5.96. The standard InChI is InChI=1S/C38H25N4S.Pt/c1-2-11-28(12-3-1)40-23-24-41(27-40)29-13-10-14-30(25-29)43-31-20-21-35-33-16-5-4-15-32(33)34-17-6-7-18-36(34)42(37(35)26-31)38-19-8-9-22-39-38;/h1-24,27H;/q-3;. The summed E-state index contributed by atoms with van der Waals surface area (Å²) in [5.41, 5.74) is 8.83. The van der Waals surface area contributed by atoms with Crippen molar-refractivity contribution in [1.29, 1.82) is 0 Å². The second kappa shape index (κ2) is 12.2. The molecule has 216 valence electrons. The first-order valence-electron chi connectivity index (χ1n) is 14.1. The van der Waals surface area contributed by atoms with Gasteiger partial charge in [0.1, 0.15) is 5.82 Å². The van der Waals surface area contributed by atoms with Gasteiger partial charge in [0.25, 0.3) is 0 Å².